The van der Waals surface area contributed by atoms with Gasteiger partial charge < -0.3 is 10.0 Å². The minimum absolute atomic E-state index is 0.0224. The summed E-state index contributed by atoms with van der Waals surface area (Å²) in [5.74, 6) is 5.09. The summed E-state index contributed by atoms with van der Waals surface area (Å²) in [6.07, 6.45) is -6.71. The minimum atomic E-state index is -6.07. The quantitative estimate of drug-likeness (QED) is 0.357. The van der Waals surface area contributed by atoms with Crippen LogP contribution in [0.25, 0.3) is 0 Å². The number of allylic oxidation sites excluding steroid dienone is 4. The molecule has 1 aromatic rings. The van der Waals surface area contributed by atoms with E-state index in [0.29, 0.717) is 6.42 Å². The second kappa shape index (κ2) is 9.49. The Morgan fingerprint density at radius 1 is 1.11 bits per heavy atom. The zero-order valence-electron chi connectivity index (χ0n) is 17.9. The topological polar surface area (TPSA) is 86.6 Å². The van der Waals surface area contributed by atoms with Gasteiger partial charge in [0.1, 0.15) is 6.04 Å². The second-order valence-electron chi connectivity index (χ2n) is 7.53. The fourth-order valence-electron chi connectivity index (χ4n) is 3.54. The van der Waals surface area contributed by atoms with Gasteiger partial charge in [-0.2, -0.15) is 30.6 Å². The summed E-state index contributed by atoms with van der Waals surface area (Å²) in [5, 5.41) is 9.50. The van der Waals surface area contributed by atoms with Crippen molar-refractivity contribution < 1.29 is 39.9 Å². The molecule has 190 valence electrons. The van der Waals surface area contributed by atoms with Crippen LogP contribution in [-0.4, -0.2) is 70.7 Å². The number of thiocarbonyl (C=S) groups is 1. The zero-order chi connectivity index (χ0) is 26.2. The lowest BCUT2D eigenvalue weighted by molar-refractivity contribution is -0.376. The molecule has 0 unspecified atom stereocenters. The average molecular weight is 541 g/mol. The smallest absolute Gasteiger partial charge is 0.369 e. The molecule has 1 N–H and O–H groups in total. The number of aromatic nitrogens is 2. The Kier molecular flexibility index (Phi) is 7.34. The third-order valence-electron chi connectivity index (χ3n) is 5.37. The third kappa shape index (κ3) is 4.92. The highest BCUT2D eigenvalue weighted by Crippen LogP contribution is 2.49. The maximum absolute atomic E-state index is 13.1. The van der Waals surface area contributed by atoms with Crippen molar-refractivity contribution in [3.05, 3.63) is 41.1 Å². The SMILES string of the molecule is CC#C[C@H]1CN(S(=O)(=O)C2=CC=CCC2=S)CCN1c1ncc(C(O)(C(F)(F)F)C(F)(F)F)cn1. The average Bonchev–Trinajstić information content (AvgIpc) is 2.77. The normalized spacial score (nSPS) is 20.3. The Morgan fingerprint density at radius 2 is 1.71 bits per heavy atom. The number of anilines is 1. The van der Waals surface area contributed by atoms with Crippen molar-refractivity contribution >= 4 is 33.1 Å². The molecule has 15 heteroatoms. The van der Waals surface area contributed by atoms with Gasteiger partial charge in [0, 0.05) is 48.9 Å². The fraction of sp³-hybridized carbons (Fsp3) is 0.450. The van der Waals surface area contributed by atoms with Gasteiger partial charge in [0.2, 0.25) is 16.0 Å². The van der Waals surface area contributed by atoms with Crippen molar-refractivity contribution in [2.24, 2.45) is 0 Å². The third-order valence-corrected chi connectivity index (χ3v) is 7.83. The lowest BCUT2D eigenvalue weighted by Crippen LogP contribution is -2.55. The van der Waals surface area contributed by atoms with Crippen LogP contribution in [0, 0.1) is 11.8 Å². The molecule has 1 atom stereocenters. The molecule has 1 saturated heterocycles. The second-order valence-corrected chi connectivity index (χ2v) is 9.93. The Balaban J connectivity index is 1.90. The van der Waals surface area contributed by atoms with E-state index in [1.165, 1.54) is 17.9 Å². The summed E-state index contributed by atoms with van der Waals surface area (Å²) in [5.41, 5.74) is -6.76. The first kappa shape index (κ1) is 27.1. The summed E-state index contributed by atoms with van der Waals surface area (Å²) in [6, 6.07) is -0.855. The van der Waals surface area contributed by atoms with Crippen molar-refractivity contribution in [1.82, 2.24) is 14.3 Å². The Bertz CT molecular complexity index is 1200. The van der Waals surface area contributed by atoms with E-state index in [1.54, 1.807) is 12.2 Å². The van der Waals surface area contributed by atoms with E-state index in [2.05, 4.69) is 21.8 Å². The molecule has 7 nitrogen and oxygen atoms in total. The number of sulfonamides is 1. The molecule has 0 spiro atoms. The number of alkyl halides is 6. The highest BCUT2D eigenvalue weighted by atomic mass is 32.2. The first-order valence-electron chi connectivity index (χ1n) is 9.92. The van der Waals surface area contributed by atoms with Crippen LogP contribution in [-0.2, 0) is 15.6 Å². The molecule has 3 rings (SSSR count). The number of nitrogens with zero attached hydrogens (tertiary/aromatic N) is 4. The van der Waals surface area contributed by atoms with E-state index in [9.17, 15) is 39.9 Å². The van der Waals surface area contributed by atoms with Crippen LogP contribution in [0.1, 0.15) is 18.9 Å². The predicted octanol–water partition coefficient (Wildman–Crippen LogP) is 2.85. The number of halogens is 6. The lowest BCUT2D eigenvalue weighted by Gasteiger charge is -2.39. The Morgan fingerprint density at radius 3 is 2.23 bits per heavy atom. The molecule has 1 aromatic heterocycles. The summed E-state index contributed by atoms with van der Waals surface area (Å²) < 4.78 is 106. The van der Waals surface area contributed by atoms with Gasteiger partial charge in [0.05, 0.1) is 4.91 Å². The van der Waals surface area contributed by atoms with Gasteiger partial charge in [-0.25, -0.2) is 18.4 Å². The fourth-order valence-corrected chi connectivity index (χ4v) is 5.58. The van der Waals surface area contributed by atoms with E-state index >= 15 is 0 Å². The van der Waals surface area contributed by atoms with Crippen molar-refractivity contribution in [3.8, 4) is 11.8 Å². The molecule has 0 saturated carbocycles. The number of piperazine rings is 1. The van der Waals surface area contributed by atoms with E-state index in [-0.39, 0.29) is 47.7 Å². The predicted molar refractivity (Wildman–Crippen MR) is 118 cm³/mol. The molecular formula is C20H18F6N4O3S2. The highest BCUT2D eigenvalue weighted by Gasteiger charge is 2.71. The molecule has 1 aliphatic carbocycles. The standard InChI is InChI=1S/C20H18F6N4O3S2/c1-2-5-14-12-29(35(32,33)16-7-4-3-6-15(16)34)8-9-30(14)17-27-10-13(11-28-17)18(31,19(21,22)23)20(24,25)26/h3-4,7,10-11,14,31H,6,8-9,12H2,1H3/t14-/m0/s1. The van der Waals surface area contributed by atoms with Crippen molar-refractivity contribution in [2.75, 3.05) is 24.5 Å². The van der Waals surface area contributed by atoms with Crippen molar-refractivity contribution in [2.45, 2.75) is 37.3 Å². The number of hydrogen-bond donors (Lipinski definition) is 1. The van der Waals surface area contributed by atoms with Crippen LogP contribution in [0.2, 0.25) is 0 Å². The molecule has 0 radical (unpaired) electrons. The van der Waals surface area contributed by atoms with Crippen LogP contribution < -0.4 is 4.90 Å². The first-order valence-corrected chi connectivity index (χ1v) is 11.8. The molecular weight excluding hydrogens is 522 g/mol. The number of hydrogen-bond acceptors (Lipinski definition) is 7. The monoisotopic (exact) mass is 540 g/mol. The number of rotatable bonds is 4. The van der Waals surface area contributed by atoms with Gasteiger partial charge in [0.25, 0.3) is 5.60 Å². The largest absolute Gasteiger partial charge is 0.430 e. The van der Waals surface area contributed by atoms with Gasteiger partial charge >= 0.3 is 12.4 Å². The summed E-state index contributed by atoms with van der Waals surface area (Å²) in [7, 11) is -3.97. The van der Waals surface area contributed by atoms with Gasteiger partial charge in [0.15, 0.2) is 0 Å². The lowest BCUT2D eigenvalue weighted by atomic mass is 9.95. The van der Waals surface area contributed by atoms with Crippen molar-refractivity contribution in [1.29, 1.82) is 0 Å². The van der Waals surface area contributed by atoms with Crippen LogP contribution in [0.4, 0.5) is 32.3 Å². The molecule has 2 aliphatic rings. The van der Waals surface area contributed by atoms with Gasteiger partial charge in [-0.1, -0.05) is 30.3 Å². The maximum atomic E-state index is 13.1. The van der Waals surface area contributed by atoms with E-state index in [4.69, 9.17) is 12.2 Å². The van der Waals surface area contributed by atoms with Gasteiger partial charge in [-0.3, -0.25) is 0 Å². The molecule has 0 amide bonds. The molecule has 35 heavy (non-hydrogen) atoms. The Labute approximate surface area is 202 Å². The summed E-state index contributed by atoms with van der Waals surface area (Å²) in [6.45, 7) is 1.16. The molecule has 2 heterocycles. The zero-order valence-corrected chi connectivity index (χ0v) is 19.6. The van der Waals surface area contributed by atoms with Crippen LogP contribution in [0.5, 0.6) is 0 Å². The van der Waals surface area contributed by atoms with E-state index < -0.39 is 39.6 Å². The van der Waals surface area contributed by atoms with E-state index in [0.717, 1.165) is 4.31 Å². The van der Waals surface area contributed by atoms with Gasteiger partial charge in [-0.15, -0.1) is 5.92 Å². The molecule has 0 bridgehead atoms. The van der Waals surface area contributed by atoms with E-state index in [1.807, 2.05) is 0 Å². The van der Waals surface area contributed by atoms with Crippen LogP contribution in [0.15, 0.2) is 35.5 Å². The maximum Gasteiger partial charge on any atom is 0.430 e. The first-order chi connectivity index (χ1) is 16.1. The van der Waals surface area contributed by atoms with Crippen LogP contribution >= 0.6 is 12.2 Å². The van der Waals surface area contributed by atoms with Crippen LogP contribution in [0.3, 0.4) is 0 Å². The summed E-state index contributed by atoms with van der Waals surface area (Å²) in [4.78, 5) is 8.77. The molecule has 0 aromatic carbocycles. The Hall–Kier alpha value is -2.54. The molecule has 1 fully saturated rings. The van der Waals surface area contributed by atoms with Gasteiger partial charge in [-0.05, 0) is 13.0 Å². The van der Waals surface area contributed by atoms with Crippen molar-refractivity contribution in [3.63, 3.8) is 0 Å². The highest BCUT2D eigenvalue weighted by molar-refractivity contribution is 7.96. The summed E-state index contributed by atoms with van der Waals surface area (Å²) >= 11 is 5.16. The molecule has 1 aliphatic heterocycles. The number of aliphatic hydroxyl groups is 1. The minimum Gasteiger partial charge on any atom is -0.369 e.